The van der Waals surface area contributed by atoms with Gasteiger partial charge in [-0.15, -0.1) is 0 Å². The monoisotopic (exact) mass is 358 g/mol. The van der Waals surface area contributed by atoms with E-state index >= 15 is 0 Å². The molecule has 0 unspecified atom stereocenters. The number of nitrogens with zero attached hydrogens (tertiary/aromatic N) is 2. The molecule has 0 spiro atoms. The van der Waals surface area contributed by atoms with Crippen molar-refractivity contribution in [2.75, 3.05) is 6.54 Å². The molecule has 0 amide bonds. The highest BCUT2D eigenvalue weighted by atomic mass is 15.5. The van der Waals surface area contributed by atoms with E-state index in [1.807, 2.05) is 6.07 Å². The summed E-state index contributed by atoms with van der Waals surface area (Å²) in [4.78, 5) is 0. The molecule has 0 fully saturated rings. The third-order valence-electron chi connectivity index (χ3n) is 4.88. The Morgan fingerprint density at radius 1 is 0.741 bits per heavy atom. The van der Waals surface area contributed by atoms with Gasteiger partial charge in [-0.3, -0.25) is 5.01 Å². The van der Waals surface area contributed by atoms with Crippen molar-refractivity contribution in [3.8, 4) is 0 Å². The van der Waals surface area contributed by atoms with Crippen molar-refractivity contribution < 1.29 is 0 Å². The van der Waals surface area contributed by atoms with E-state index in [1.54, 1.807) is 0 Å². The Kier molecular flexibility index (Phi) is 7.46. The Bertz CT molecular complexity index is 772. The van der Waals surface area contributed by atoms with Crippen LogP contribution in [0.1, 0.15) is 56.6 Å². The zero-order valence-electron chi connectivity index (χ0n) is 16.3. The average molecular weight is 359 g/mol. The normalized spacial score (nSPS) is 13.9. The smallest absolute Gasteiger partial charge is 0.0908 e. The van der Waals surface area contributed by atoms with E-state index in [9.17, 15) is 0 Å². The molecule has 3 rings (SSSR count). The number of allylic oxidation sites excluding steroid dienone is 3. The molecule has 2 aromatic rings. The highest BCUT2D eigenvalue weighted by Crippen LogP contribution is 2.23. The topological polar surface area (TPSA) is 15.6 Å². The first-order valence-electron chi connectivity index (χ1n) is 10.2. The molecule has 0 aliphatic carbocycles. The summed E-state index contributed by atoms with van der Waals surface area (Å²) in [6.45, 7) is 3.21. The molecule has 27 heavy (non-hydrogen) atoms. The molecule has 0 N–H and O–H groups in total. The zero-order chi connectivity index (χ0) is 18.7. The summed E-state index contributed by atoms with van der Waals surface area (Å²) in [5.74, 6) is 0. The maximum Gasteiger partial charge on any atom is 0.0908 e. The summed E-state index contributed by atoms with van der Waals surface area (Å²) in [5.41, 5.74) is 4.56. The fraction of sp³-hybridized carbons (Fsp3) is 0.320. The summed E-state index contributed by atoms with van der Waals surface area (Å²) in [7, 11) is 0. The molecule has 1 aliphatic heterocycles. The molecule has 140 valence electrons. The van der Waals surface area contributed by atoms with Crippen LogP contribution in [-0.2, 0) is 0 Å². The summed E-state index contributed by atoms with van der Waals surface area (Å²) in [5, 5.41) is 7.22. The lowest BCUT2D eigenvalue weighted by molar-refractivity contribution is 0.401. The molecule has 2 nitrogen and oxygen atoms in total. The van der Waals surface area contributed by atoms with Gasteiger partial charge in [0.15, 0.2) is 0 Å². The van der Waals surface area contributed by atoms with Gasteiger partial charge >= 0.3 is 0 Å². The van der Waals surface area contributed by atoms with Crippen molar-refractivity contribution >= 4 is 11.4 Å². The van der Waals surface area contributed by atoms with Crippen LogP contribution < -0.4 is 0 Å². The van der Waals surface area contributed by atoms with E-state index in [-0.39, 0.29) is 0 Å². The molecule has 2 heteroatoms. The van der Waals surface area contributed by atoms with E-state index in [1.165, 1.54) is 49.8 Å². The standard InChI is InChI=1S/C25H30N2/c1-2-3-4-5-6-13-21-27-25(23-17-11-8-12-18-23)20-14-19-24(26-27)22-15-9-7-10-16-22/h7-12,14-20H,2-6,13,21H2,1H3. The van der Waals surface area contributed by atoms with Crippen molar-refractivity contribution in [2.45, 2.75) is 45.4 Å². The molecule has 0 atom stereocenters. The molecule has 0 radical (unpaired) electrons. The van der Waals surface area contributed by atoms with Gasteiger partial charge in [0.1, 0.15) is 0 Å². The van der Waals surface area contributed by atoms with Crippen LogP contribution in [0.15, 0.2) is 84.0 Å². The van der Waals surface area contributed by atoms with Crippen molar-refractivity contribution in [3.05, 3.63) is 90.0 Å². The molecule has 0 aromatic heterocycles. The van der Waals surface area contributed by atoms with E-state index in [0.29, 0.717) is 0 Å². The number of rotatable bonds is 9. The van der Waals surface area contributed by atoms with Crippen LogP contribution in [0.3, 0.4) is 0 Å². The predicted octanol–water partition coefficient (Wildman–Crippen LogP) is 6.66. The van der Waals surface area contributed by atoms with Gasteiger partial charge in [-0.1, -0.05) is 106 Å². The summed E-state index contributed by atoms with van der Waals surface area (Å²) < 4.78 is 0. The van der Waals surface area contributed by atoms with Crippen LogP contribution in [0.4, 0.5) is 0 Å². The van der Waals surface area contributed by atoms with Crippen molar-refractivity contribution in [1.82, 2.24) is 5.01 Å². The summed E-state index contributed by atoms with van der Waals surface area (Å²) in [6.07, 6.45) is 14.2. The van der Waals surface area contributed by atoms with Crippen LogP contribution in [0.5, 0.6) is 0 Å². The maximum absolute atomic E-state index is 5.03. The van der Waals surface area contributed by atoms with E-state index in [0.717, 1.165) is 17.8 Å². The van der Waals surface area contributed by atoms with Crippen LogP contribution in [-0.4, -0.2) is 17.3 Å². The minimum Gasteiger partial charge on any atom is -0.264 e. The zero-order valence-corrected chi connectivity index (χ0v) is 16.3. The second-order valence-electron chi connectivity index (χ2n) is 7.02. The van der Waals surface area contributed by atoms with Gasteiger partial charge in [0.25, 0.3) is 0 Å². The molecular weight excluding hydrogens is 328 g/mol. The average Bonchev–Trinajstić information content (AvgIpc) is 2.94. The molecule has 0 saturated heterocycles. The number of benzene rings is 2. The third-order valence-corrected chi connectivity index (χ3v) is 4.88. The molecule has 1 heterocycles. The quantitative estimate of drug-likeness (QED) is 0.457. The Hall–Kier alpha value is -2.61. The minimum atomic E-state index is 0.949. The Labute approximate surface area is 163 Å². The van der Waals surface area contributed by atoms with E-state index in [2.05, 4.69) is 84.8 Å². The van der Waals surface area contributed by atoms with Crippen molar-refractivity contribution in [3.63, 3.8) is 0 Å². The predicted molar refractivity (Wildman–Crippen MR) is 117 cm³/mol. The number of hydrogen-bond acceptors (Lipinski definition) is 2. The first-order valence-corrected chi connectivity index (χ1v) is 10.2. The van der Waals surface area contributed by atoms with Gasteiger partial charge in [0.05, 0.1) is 11.4 Å². The fourth-order valence-electron chi connectivity index (χ4n) is 3.36. The SMILES string of the molecule is CCCCCCCCN1N=C(c2ccccc2)C=CC=C1c1ccccc1. The second-order valence-corrected chi connectivity index (χ2v) is 7.02. The lowest BCUT2D eigenvalue weighted by Crippen LogP contribution is -2.19. The maximum atomic E-state index is 5.03. The minimum absolute atomic E-state index is 0.949. The van der Waals surface area contributed by atoms with Gasteiger partial charge < -0.3 is 0 Å². The molecule has 0 bridgehead atoms. The van der Waals surface area contributed by atoms with Crippen molar-refractivity contribution in [2.24, 2.45) is 5.10 Å². The van der Waals surface area contributed by atoms with Gasteiger partial charge in [0, 0.05) is 12.1 Å². The lowest BCUT2D eigenvalue weighted by Gasteiger charge is -2.23. The van der Waals surface area contributed by atoms with Crippen LogP contribution in [0, 0.1) is 0 Å². The Morgan fingerprint density at radius 3 is 2.07 bits per heavy atom. The first-order chi connectivity index (χ1) is 13.4. The van der Waals surface area contributed by atoms with Crippen LogP contribution in [0.25, 0.3) is 5.70 Å². The number of hydrazone groups is 1. The Morgan fingerprint density at radius 2 is 1.37 bits per heavy atom. The number of hydrogen-bond donors (Lipinski definition) is 0. The molecule has 2 aromatic carbocycles. The van der Waals surface area contributed by atoms with Gasteiger partial charge in [-0.2, -0.15) is 5.10 Å². The van der Waals surface area contributed by atoms with Gasteiger partial charge in [-0.25, -0.2) is 0 Å². The largest absolute Gasteiger partial charge is 0.264 e. The highest BCUT2D eigenvalue weighted by molar-refractivity contribution is 6.09. The molecule has 0 saturated carbocycles. The summed E-state index contributed by atoms with van der Waals surface area (Å²) >= 11 is 0. The number of unbranched alkanes of at least 4 members (excludes halogenated alkanes) is 5. The fourth-order valence-corrected chi connectivity index (χ4v) is 3.36. The molecule has 1 aliphatic rings. The first kappa shape index (κ1) is 19.2. The van der Waals surface area contributed by atoms with Crippen LogP contribution >= 0.6 is 0 Å². The summed E-state index contributed by atoms with van der Waals surface area (Å²) in [6, 6.07) is 21.0. The Balaban J connectivity index is 1.77. The highest BCUT2D eigenvalue weighted by Gasteiger charge is 2.14. The van der Waals surface area contributed by atoms with E-state index < -0.39 is 0 Å². The van der Waals surface area contributed by atoms with Crippen LogP contribution in [0.2, 0.25) is 0 Å². The third kappa shape index (κ3) is 5.68. The van der Waals surface area contributed by atoms with Crippen molar-refractivity contribution in [1.29, 1.82) is 0 Å². The van der Waals surface area contributed by atoms with E-state index in [4.69, 9.17) is 5.10 Å². The lowest BCUT2D eigenvalue weighted by atomic mass is 10.1. The molecular formula is C25H30N2. The second kappa shape index (κ2) is 10.5. The van der Waals surface area contributed by atoms with Gasteiger partial charge in [-0.05, 0) is 24.1 Å². The van der Waals surface area contributed by atoms with Gasteiger partial charge in [0.2, 0.25) is 0 Å².